The lowest BCUT2D eigenvalue weighted by molar-refractivity contribution is -0.870. The molecule has 1 aromatic rings. The third-order valence-corrected chi connectivity index (χ3v) is 4.25. The SMILES string of the molecule is CC(C)(C)CC(C)(C)c1ccc(COCCOCC[N+](C)(C)C)cc1. The molecule has 0 aliphatic rings. The van der Waals surface area contributed by atoms with Gasteiger partial charge in [0.05, 0.1) is 47.6 Å². The third-order valence-electron chi connectivity index (χ3n) is 4.25. The molecule has 0 N–H and O–H groups in total. The highest BCUT2D eigenvalue weighted by atomic mass is 16.5. The van der Waals surface area contributed by atoms with Gasteiger partial charge in [0.25, 0.3) is 0 Å². The predicted octanol–water partition coefficient (Wildman–Crippen LogP) is 4.64. The van der Waals surface area contributed by atoms with Crippen LogP contribution < -0.4 is 0 Å². The van der Waals surface area contributed by atoms with Crippen molar-refractivity contribution in [2.75, 3.05) is 47.5 Å². The zero-order valence-corrected chi connectivity index (χ0v) is 17.8. The van der Waals surface area contributed by atoms with Crippen molar-refractivity contribution in [3.63, 3.8) is 0 Å². The van der Waals surface area contributed by atoms with Gasteiger partial charge in [-0.05, 0) is 28.4 Å². The van der Waals surface area contributed by atoms with Crippen LogP contribution in [0.5, 0.6) is 0 Å². The van der Waals surface area contributed by atoms with Crippen LogP contribution in [0, 0.1) is 5.41 Å². The number of hydrogen-bond acceptors (Lipinski definition) is 2. The molecule has 0 aliphatic heterocycles. The van der Waals surface area contributed by atoms with E-state index in [2.05, 4.69) is 80.0 Å². The van der Waals surface area contributed by atoms with Gasteiger partial charge >= 0.3 is 0 Å². The van der Waals surface area contributed by atoms with Gasteiger partial charge in [-0.15, -0.1) is 0 Å². The van der Waals surface area contributed by atoms with Crippen LogP contribution in [0.25, 0.3) is 0 Å². The quantitative estimate of drug-likeness (QED) is 0.452. The van der Waals surface area contributed by atoms with Crippen molar-refractivity contribution in [3.8, 4) is 0 Å². The van der Waals surface area contributed by atoms with E-state index in [1.54, 1.807) is 0 Å². The van der Waals surface area contributed by atoms with Crippen molar-refractivity contribution >= 4 is 0 Å². The highest BCUT2D eigenvalue weighted by molar-refractivity contribution is 5.28. The van der Waals surface area contributed by atoms with E-state index in [1.165, 1.54) is 17.5 Å². The maximum Gasteiger partial charge on any atom is 0.102 e. The van der Waals surface area contributed by atoms with E-state index in [0.717, 1.165) is 17.6 Å². The number of ether oxygens (including phenoxy) is 2. The molecule has 0 bridgehead atoms. The number of benzene rings is 1. The van der Waals surface area contributed by atoms with E-state index in [-0.39, 0.29) is 5.41 Å². The highest BCUT2D eigenvalue weighted by Gasteiger charge is 2.26. The van der Waals surface area contributed by atoms with Gasteiger partial charge in [-0.1, -0.05) is 58.9 Å². The minimum Gasteiger partial charge on any atom is -0.374 e. The minimum absolute atomic E-state index is 0.192. The van der Waals surface area contributed by atoms with Crippen molar-refractivity contribution in [1.82, 2.24) is 0 Å². The Morgan fingerprint density at radius 3 is 1.88 bits per heavy atom. The first-order valence-electron chi connectivity index (χ1n) is 9.44. The summed E-state index contributed by atoms with van der Waals surface area (Å²) in [7, 11) is 6.52. The summed E-state index contributed by atoms with van der Waals surface area (Å²) in [6.07, 6.45) is 1.17. The lowest BCUT2D eigenvalue weighted by Crippen LogP contribution is -2.37. The maximum atomic E-state index is 5.73. The number of hydrogen-bond donors (Lipinski definition) is 0. The van der Waals surface area contributed by atoms with E-state index in [1.807, 2.05) is 0 Å². The van der Waals surface area contributed by atoms with Crippen molar-refractivity contribution in [3.05, 3.63) is 35.4 Å². The largest absolute Gasteiger partial charge is 0.374 e. The van der Waals surface area contributed by atoms with Crippen molar-refractivity contribution in [2.45, 2.75) is 53.1 Å². The Labute approximate surface area is 155 Å². The number of nitrogens with zero attached hydrogens (tertiary/aromatic N) is 1. The average molecular weight is 351 g/mol. The van der Waals surface area contributed by atoms with Crippen LogP contribution in [-0.4, -0.2) is 52.0 Å². The average Bonchev–Trinajstić information content (AvgIpc) is 2.43. The molecule has 1 aromatic carbocycles. The number of likely N-dealkylation sites (N-methyl/N-ethyl adjacent to an activating group) is 1. The smallest absolute Gasteiger partial charge is 0.102 e. The van der Waals surface area contributed by atoms with Crippen LogP contribution in [0.1, 0.15) is 52.2 Å². The minimum atomic E-state index is 0.192. The molecule has 144 valence electrons. The molecule has 0 saturated heterocycles. The van der Waals surface area contributed by atoms with E-state index in [0.29, 0.717) is 25.2 Å². The van der Waals surface area contributed by atoms with Gasteiger partial charge < -0.3 is 14.0 Å². The van der Waals surface area contributed by atoms with Crippen LogP contribution >= 0.6 is 0 Å². The fraction of sp³-hybridized carbons (Fsp3) is 0.727. The van der Waals surface area contributed by atoms with Crippen molar-refractivity contribution in [1.29, 1.82) is 0 Å². The van der Waals surface area contributed by atoms with Gasteiger partial charge in [0.1, 0.15) is 6.54 Å². The lowest BCUT2D eigenvalue weighted by atomic mass is 9.72. The molecule has 3 heteroatoms. The van der Waals surface area contributed by atoms with Crippen LogP contribution in [0.3, 0.4) is 0 Å². The first-order chi connectivity index (χ1) is 11.4. The lowest BCUT2D eigenvalue weighted by Gasteiger charge is -2.33. The summed E-state index contributed by atoms with van der Waals surface area (Å²) in [4.78, 5) is 0. The summed E-state index contributed by atoms with van der Waals surface area (Å²) in [6.45, 7) is 15.3. The first-order valence-corrected chi connectivity index (χ1v) is 9.44. The summed E-state index contributed by atoms with van der Waals surface area (Å²) in [5.41, 5.74) is 3.14. The summed E-state index contributed by atoms with van der Waals surface area (Å²) in [5, 5.41) is 0. The Bertz CT molecular complexity index is 492. The molecule has 1 rings (SSSR count). The summed E-state index contributed by atoms with van der Waals surface area (Å²) in [5.74, 6) is 0. The molecule has 0 saturated carbocycles. The molecular weight excluding hydrogens is 310 g/mol. The van der Waals surface area contributed by atoms with Crippen LogP contribution in [-0.2, 0) is 21.5 Å². The zero-order valence-electron chi connectivity index (χ0n) is 17.8. The van der Waals surface area contributed by atoms with Crippen molar-refractivity contribution < 1.29 is 14.0 Å². The molecule has 0 aromatic heterocycles. The number of quaternary nitrogens is 1. The Morgan fingerprint density at radius 2 is 1.36 bits per heavy atom. The molecule has 0 fully saturated rings. The second-order valence-electron chi connectivity index (χ2n) is 10.00. The maximum absolute atomic E-state index is 5.73. The zero-order chi connectivity index (χ0) is 19.1. The Morgan fingerprint density at radius 1 is 0.800 bits per heavy atom. The van der Waals surface area contributed by atoms with Gasteiger partial charge in [-0.3, -0.25) is 0 Å². The molecule has 3 nitrogen and oxygen atoms in total. The first kappa shape index (κ1) is 22.1. The molecular formula is C22H40NO2+. The second kappa shape index (κ2) is 9.16. The Hall–Kier alpha value is -0.900. The highest BCUT2D eigenvalue weighted by Crippen LogP contribution is 2.36. The molecule has 0 aliphatic carbocycles. The molecule has 0 unspecified atom stereocenters. The Balaban J connectivity index is 2.33. The fourth-order valence-electron chi connectivity index (χ4n) is 3.23. The van der Waals surface area contributed by atoms with E-state index in [9.17, 15) is 0 Å². The molecule has 0 radical (unpaired) electrons. The Kier molecular flexibility index (Phi) is 8.11. The topological polar surface area (TPSA) is 18.5 Å². The van der Waals surface area contributed by atoms with Crippen LogP contribution in [0.2, 0.25) is 0 Å². The van der Waals surface area contributed by atoms with E-state index in [4.69, 9.17) is 9.47 Å². The van der Waals surface area contributed by atoms with Gasteiger partial charge in [0.2, 0.25) is 0 Å². The molecule has 25 heavy (non-hydrogen) atoms. The molecule has 0 heterocycles. The third kappa shape index (κ3) is 9.98. The summed E-state index contributed by atoms with van der Waals surface area (Å²) >= 11 is 0. The monoisotopic (exact) mass is 350 g/mol. The predicted molar refractivity (Wildman–Crippen MR) is 107 cm³/mol. The van der Waals surface area contributed by atoms with Gasteiger partial charge in [0, 0.05) is 0 Å². The summed E-state index contributed by atoms with van der Waals surface area (Å²) in [6, 6.07) is 8.89. The normalized spacial score (nSPS) is 13.3. The van der Waals surface area contributed by atoms with Crippen LogP contribution in [0.4, 0.5) is 0 Å². The van der Waals surface area contributed by atoms with E-state index < -0.39 is 0 Å². The molecule has 0 spiro atoms. The number of rotatable bonds is 10. The van der Waals surface area contributed by atoms with Crippen molar-refractivity contribution in [2.24, 2.45) is 5.41 Å². The molecule has 0 atom stereocenters. The van der Waals surface area contributed by atoms with Gasteiger partial charge in [-0.25, -0.2) is 0 Å². The second-order valence-corrected chi connectivity index (χ2v) is 10.00. The van der Waals surface area contributed by atoms with E-state index >= 15 is 0 Å². The standard InChI is InChI=1S/C22H40NO2/c1-21(2,3)18-22(4,5)20-11-9-19(10-12-20)17-25-16-15-24-14-13-23(6,7)8/h9-12H,13-18H2,1-8H3/q+1. The summed E-state index contributed by atoms with van der Waals surface area (Å²) < 4.78 is 12.3. The van der Waals surface area contributed by atoms with Crippen LogP contribution in [0.15, 0.2) is 24.3 Å². The van der Waals surface area contributed by atoms with Gasteiger partial charge in [-0.2, -0.15) is 0 Å². The van der Waals surface area contributed by atoms with Gasteiger partial charge in [0.15, 0.2) is 0 Å². The fourth-order valence-corrected chi connectivity index (χ4v) is 3.23. The molecule has 0 amide bonds.